The first kappa shape index (κ1) is 19.5. The third-order valence-electron chi connectivity index (χ3n) is 6.37. The third-order valence-corrected chi connectivity index (χ3v) is 6.62. The lowest BCUT2D eigenvalue weighted by Crippen LogP contribution is -2.23. The first-order valence-electron chi connectivity index (χ1n) is 9.77. The van der Waals surface area contributed by atoms with E-state index < -0.39 is 17.3 Å². The summed E-state index contributed by atoms with van der Waals surface area (Å²) in [4.78, 5) is 40.6. The summed E-state index contributed by atoms with van der Waals surface area (Å²) in [6, 6.07) is 17.8. The number of phenolic OH excluding ortho intramolecular Hbond substituents is 1. The molecule has 0 aromatic heterocycles. The normalized spacial score (nSPS) is 20.6. The molecule has 6 heteroatoms. The largest absolute Gasteiger partial charge is 0.504 e. The van der Waals surface area contributed by atoms with Crippen molar-refractivity contribution < 1.29 is 24.2 Å². The van der Waals surface area contributed by atoms with E-state index >= 15 is 0 Å². The summed E-state index contributed by atoms with van der Waals surface area (Å²) in [5.41, 5.74) is -0.237. The van der Waals surface area contributed by atoms with Crippen LogP contribution >= 0.6 is 11.6 Å². The molecule has 5 nitrogen and oxygen atoms in total. The van der Waals surface area contributed by atoms with Crippen LogP contribution in [-0.2, 0) is 0 Å². The monoisotopic (exact) mass is 432 g/mol. The molecule has 1 N–H and O–H groups in total. The van der Waals surface area contributed by atoms with Crippen molar-refractivity contribution in [2.45, 2.75) is 5.92 Å². The predicted molar refractivity (Wildman–Crippen MR) is 114 cm³/mol. The molecule has 2 aliphatic rings. The van der Waals surface area contributed by atoms with Gasteiger partial charge in [-0.25, -0.2) is 0 Å². The zero-order valence-electron chi connectivity index (χ0n) is 16.5. The summed E-state index contributed by atoms with van der Waals surface area (Å²) in [5.74, 6) is -2.78. The van der Waals surface area contributed by atoms with Gasteiger partial charge < -0.3 is 9.84 Å². The zero-order valence-corrected chi connectivity index (χ0v) is 17.2. The number of rotatable bonds is 4. The molecule has 0 unspecified atom stereocenters. The van der Waals surface area contributed by atoms with Crippen LogP contribution in [-0.4, -0.2) is 29.6 Å². The molecule has 1 saturated carbocycles. The van der Waals surface area contributed by atoms with Crippen LogP contribution in [0.1, 0.15) is 42.6 Å². The summed E-state index contributed by atoms with van der Waals surface area (Å²) in [6.07, 6.45) is 0. The Morgan fingerprint density at radius 3 is 2.13 bits per heavy atom. The van der Waals surface area contributed by atoms with Crippen molar-refractivity contribution >= 4 is 29.0 Å². The van der Waals surface area contributed by atoms with Gasteiger partial charge in [0.25, 0.3) is 0 Å². The van der Waals surface area contributed by atoms with Gasteiger partial charge in [0.2, 0.25) is 0 Å². The van der Waals surface area contributed by atoms with Crippen LogP contribution in [0.5, 0.6) is 11.5 Å². The Balaban J connectivity index is 1.69. The van der Waals surface area contributed by atoms with E-state index in [1.165, 1.54) is 7.11 Å². The highest BCUT2D eigenvalue weighted by Crippen LogP contribution is 2.72. The second-order valence-corrected chi connectivity index (χ2v) is 8.23. The Hall–Kier alpha value is -3.44. The number of methoxy groups -OCH3 is 1. The van der Waals surface area contributed by atoms with Gasteiger partial charge in [0.1, 0.15) is 5.41 Å². The topological polar surface area (TPSA) is 80.7 Å². The number of ketones is 3. The van der Waals surface area contributed by atoms with E-state index in [4.69, 9.17) is 16.3 Å². The van der Waals surface area contributed by atoms with Crippen molar-refractivity contribution in [1.29, 1.82) is 0 Å². The number of aromatic hydroxyl groups is 1. The Labute approximate surface area is 183 Å². The van der Waals surface area contributed by atoms with Gasteiger partial charge >= 0.3 is 0 Å². The van der Waals surface area contributed by atoms with Gasteiger partial charge in [-0.15, -0.1) is 0 Å². The van der Waals surface area contributed by atoms with Crippen molar-refractivity contribution in [1.82, 2.24) is 0 Å². The van der Waals surface area contributed by atoms with Crippen molar-refractivity contribution in [3.63, 3.8) is 0 Å². The number of hydrogen-bond acceptors (Lipinski definition) is 5. The molecule has 1 spiro atoms. The molecule has 0 aliphatic heterocycles. The standard InChI is InChI=1S/C25H17ClO5/c1-31-18-8-4-7-17(22(18)28)19-20(21(27)13-9-11-14(26)12-10-13)25(19)23(29)15-5-2-3-6-16(15)24(25)30/h2-12,19-20,28H,1H3/t19-,20+/m1/s1. The minimum Gasteiger partial charge on any atom is -0.504 e. The highest BCUT2D eigenvalue weighted by Gasteiger charge is 2.79. The maximum absolute atomic E-state index is 13.5. The van der Waals surface area contributed by atoms with Crippen molar-refractivity contribution in [2.75, 3.05) is 7.11 Å². The summed E-state index contributed by atoms with van der Waals surface area (Å²) in [7, 11) is 1.42. The lowest BCUT2D eigenvalue weighted by atomic mass is 9.91. The average Bonchev–Trinajstić information content (AvgIpc) is 3.43. The molecule has 0 amide bonds. The lowest BCUT2D eigenvalue weighted by Gasteiger charge is -2.10. The zero-order chi connectivity index (χ0) is 21.9. The van der Waals surface area contributed by atoms with Gasteiger partial charge in [0.15, 0.2) is 28.8 Å². The molecular weight excluding hydrogens is 416 g/mol. The molecule has 0 radical (unpaired) electrons. The number of carbonyl (C=O) groups is 3. The van der Waals surface area contributed by atoms with Gasteiger partial charge in [0, 0.05) is 33.2 Å². The van der Waals surface area contributed by atoms with Crippen LogP contribution in [0.2, 0.25) is 5.02 Å². The van der Waals surface area contributed by atoms with Crippen LogP contribution in [0.15, 0.2) is 66.7 Å². The second-order valence-electron chi connectivity index (χ2n) is 7.80. The van der Waals surface area contributed by atoms with Crippen LogP contribution in [0, 0.1) is 11.3 Å². The van der Waals surface area contributed by atoms with Crippen molar-refractivity contribution in [2.24, 2.45) is 11.3 Å². The van der Waals surface area contributed by atoms with E-state index in [1.54, 1.807) is 66.7 Å². The van der Waals surface area contributed by atoms with E-state index in [2.05, 4.69) is 0 Å². The number of fused-ring (bicyclic) bond motifs is 1. The Kier molecular flexibility index (Phi) is 4.27. The minimum absolute atomic E-state index is 0.169. The molecule has 2 aliphatic carbocycles. The van der Waals surface area contributed by atoms with Gasteiger partial charge in [-0.05, 0) is 30.3 Å². The van der Waals surface area contributed by atoms with E-state index in [1.807, 2.05) is 0 Å². The molecule has 3 aromatic rings. The Bertz CT molecular complexity index is 1230. The summed E-state index contributed by atoms with van der Waals surface area (Å²) >= 11 is 5.95. The highest BCUT2D eigenvalue weighted by molar-refractivity contribution is 6.35. The maximum atomic E-state index is 13.5. The number of hydrogen-bond donors (Lipinski definition) is 1. The van der Waals surface area contributed by atoms with Gasteiger partial charge in [0.05, 0.1) is 13.0 Å². The second kappa shape index (κ2) is 6.79. The lowest BCUT2D eigenvalue weighted by molar-refractivity contribution is 0.0764. The Morgan fingerprint density at radius 1 is 0.935 bits per heavy atom. The van der Waals surface area contributed by atoms with Crippen LogP contribution in [0.25, 0.3) is 0 Å². The quantitative estimate of drug-likeness (QED) is 0.476. The van der Waals surface area contributed by atoms with E-state index in [0.717, 1.165) is 0 Å². The molecule has 5 rings (SSSR count). The molecule has 154 valence electrons. The predicted octanol–water partition coefficient (Wildman–Crippen LogP) is 4.72. The molecule has 0 heterocycles. The van der Waals surface area contributed by atoms with Gasteiger partial charge in [-0.3, -0.25) is 14.4 Å². The molecule has 3 aromatic carbocycles. The summed E-state index contributed by atoms with van der Waals surface area (Å²) in [5, 5.41) is 11.2. The van der Waals surface area contributed by atoms with Gasteiger partial charge in [-0.2, -0.15) is 0 Å². The SMILES string of the molecule is COc1cccc([C@@H]2[C@@H](C(=O)c3ccc(Cl)cc3)C23C(=O)c2ccccc2C3=O)c1O. The van der Waals surface area contributed by atoms with Crippen LogP contribution in [0.4, 0.5) is 0 Å². The van der Waals surface area contributed by atoms with Crippen molar-refractivity contribution in [3.8, 4) is 11.5 Å². The molecule has 2 atom stereocenters. The fourth-order valence-corrected chi connectivity index (χ4v) is 5.04. The number of phenols is 1. The smallest absolute Gasteiger partial charge is 0.178 e. The first-order valence-corrected chi connectivity index (χ1v) is 10.1. The van der Waals surface area contributed by atoms with Crippen molar-refractivity contribution in [3.05, 3.63) is 94.0 Å². The molecular formula is C25H17ClO5. The number of Topliss-reactive ketones (excluding diaryl/α,β-unsaturated/α-hetero) is 3. The molecule has 0 bridgehead atoms. The number of carbonyl (C=O) groups excluding carboxylic acids is 3. The summed E-state index contributed by atoms with van der Waals surface area (Å²) in [6.45, 7) is 0. The van der Waals surface area contributed by atoms with E-state index in [-0.39, 0.29) is 28.8 Å². The number of benzene rings is 3. The molecule has 1 fully saturated rings. The van der Waals surface area contributed by atoms with E-state index in [9.17, 15) is 19.5 Å². The number of para-hydroxylation sites is 1. The number of halogens is 1. The van der Waals surface area contributed by atoms with Crippen LogP contribution in [0.3, 0.4) is 0 Å². The fourth-order valence-electron chi connectivity index (χ4n) is 4.91. The van der Waals surface area contributed by atoms with Gasteiger partial charge in [-0.1, -0.05) is 48.0 Å². The first-order chi connectivity index (χ1) is 14.9. The average molecular weight is 433 g/mol. The molecule has 31 heavy (non-hydrogen) atoms. The third kappa shape index (κ3) is 2.53. The van der Waals surface area contributed by atoms with Crippen LogP contribution < -0.4 is 4.74 Å². The Morgan fingerprint density at radius 2 is 1.55 bits per heavy atom. The fraction of sp³-hybridized carbons (Fsp3) is 0.160. The maximum Gasteiger partial charge on any atom is 0.178 e. The number of ether oxygens (including phenoxy) is 1. The summed E-state index contributed by atoms with van der Waals surface area (Å²) < 4.78 is 5.20. The van der Waals surface area contributed by atoms with E-state index in [0.29, 0.717) is 27.3 Å². The molecule has 0 saturated heterocycles. The highest BCUT2D eigenvalue weighted by atomic mass is 35.5. The minimum atomic E-state index is -1.57.